The summed E-state index contributed by atoms with van der Waals surface area (Å²) in [7, 11) is 0. The van der Waals surface area contributed by atoms with Gasteiger partial charge in [0, 0.05) is 36.0 Å². The number of nitrogens with one attached hydrogen (secondary N) is 2. The van der Waals surface area contributed by atoms with Crippen molar-refractivity contribution >= 4 is 39.4 Å². The molecular formula is C29H33BrF3N5O3. The standard InChI is InChI=1S/C29H33BrF3N5O3/c1-2-3-16-38-19-25(36-28(40)34-23-11-13-24(14-12-23)41-29(31,32)33)35-26(38)27(39)37-17-5-4-6-20(15-18-37)21-7-9-22(30)10-8-21/h7-14,19-20H,2-6,15-18H2,1H3,(H2,34,36,40). The number of benzene rings is 2. The number of alkyl halides is 3. The summed E-state index contributed by atoms with van der Waals surface area (Å²) in [6.45, 7) is 3.88. The van der Waals surface area contributed by atoms with E-state index in [-0.39, 0.29) is 23.2 Å². The Labute approximate surface area is 245 Å². The van der Waals surface area contributed by atoms with Crippen molar-refractivity contribution < 1.29 is 27.5 Å². The first kappa shape index (κ1) is 30.4. The summed E-state index contributed by atoms with van der Waals surface area (Å²) < 4.78 is 43.8. The van der Waals surface area contributed by atoms with Crippen LogP contribution in [0.2, 0.25) is 0 Å². The van der Waals surface area contributed by atoms with Crippen LogP contribution in [-0.2, 0) is 6.54 Å². The van der Waals surface area contributed by atoms with E-state index in [2.05, 4.69) is 55.3 Å². The summed E-state index contributed by atoms with van der Waals surface area (Å²) >= 11 is 3.49. The number of carbonyl (C=O) groups excluding carboxylic acids is 2. The van der Waals surface area contributed by atoms with E-state index in [0.29, 0.717) is 25.6 Å². The minimum Gasteiger partial charge on any atom is -0.406 e. The van der Waals surface area contributed by atoms with Gasteiger partial charge in [0.05, 0.1) is 0 Å². The van der Waals surface area contributed by atoms with Gasteiger partial charge in [-0.1, -0.05) is 47.8 Å². The molecule has 41 heavy (non-hydrogen) atoms. The van der Waals surface area contributed by atoms with E-state index in [4.69, 9.17) is 0 Å². The highest BCUT2D eigenvalue weighted by Gasteiger charge is 2.31. The highest BCUT2D eigenvalue weighted by molar-refractivity contribution is 9.10. The summed E-state index contributed by atoms with van der Waals surface area (Å²) in [5, 5.41) is 5.18. The number of aromatic nitrogens is 2. The number of anilines is 2. The molecule has 0 radical (unpaired) electrons. The number of hydrogen-bond donors (Lipinski definition) is 2. The first-order valence-corrected chi connectivity index (χ1v) is 14.5. The maximum absolute atomic E-state index is 13.7. The van der Waals surface area contributed by atoms with Crippen LogP contribution in [0, 0.1) is 0 Å². The average molecular weight is 637 g/mol. The van der Waals surface area contributed by atoms with Gasteiger partial charge in [0.2, 0.25) is 5.82 Å². The fourth-order valence-corrected chi connectivity index (χ4v) is 5.10. The van der Waals surface area contributed by atoms with Gasteiger partial charge < -0.3 is 19.5 Å². The van der Waals surface area contributed by atoms with Gasteiger partial charge in [-0.25, -0.2) is 9.78 Å². The van der Waals surface area contributed by atoms with Crippen LogP contribution in [0.15, 0.2) is 59.2 Å². The highest BCUT2D eigenvalue weighted by atomic mass is 79.9. The van der Waals surface area contributed by atoms with E-state index >= 15 is 0 Å². The molecule has 1 saturated heterocycles. The van der Waals surface area contributed by atoms with Crippen LogP contribution in [-0.4, -0.2) is 45.8 Å². The molecule has 2 heterocycles. The molecule has 4 rings (SSSR count). The Morgan fingerprint density at radius 2 is 1.76 bits per heavy atom. The lowest BCUT2D eigenvalue weighted by Gasteiger charge is -2.28. The molecule has 1 fully saturated rings. The molecule has 0 aliphatic carbocycles. The van der Waals surface area contributed by atoms with Crippen LogP contribution >= 0.6 is 15.9 Å². The summed E-state index contributed by atoms with van der Waals surface area (Å²) in [5.41, 5.74) is 1.53. The van der Waals surface area contributed by atoms with E-state index in [1.807, 2.05) is 17.0 Å². The normalized spacial score (nSPS) is 16.0. The second kappa shape index (κ2) is 13.9. The number of halogens is 4. The van der Waals surface area contributed by atoms with Gasteiger partial charge in [-0.15, -0.1) is 13.2 Å². The Bertz CT molecular complexity index is 1310. The number of carbonyl (C=O) groups is 2. The van der Waals surface area contributed by atoms with Crippen LogP contribution in [0.4, 0.5) is 29.5 Å². The number of rotatable bonds is 8. The zero-order valence-corrected chi connectivity index (χ0v) is 24.3. The van der Waals surface area contributed by atoms with E-state index in [0.717, 1.165) is 55.1 Å². The molecule has 220 valence electrons. The quantitative estimate of drug-likeness (QED) is 0.264. The molecule has 0 bridgehead atoms. The fourth-order valence-electron chi connectivity index (χ4n) is 4.84. The highest BCUT2D eigenvalue weighted by Crippen LogP contribution is 2.29. The van der Waals surface area contributed by atoms with Crippen molar-refractivity contribution in [3.05, 3.63) is 70.6 Å². The summed E-state index contributed by atoms with van der Waals surface area (Å²) in [5.74, 6) is 0.274. The molecule has 8 nitrogen and oxygen atoms in total. The Kier molecular flexibility index (Phi) is 10.3. The third-order valence-corrected chi connectivity index (χ3v) is 7.44. The topological polar surface area (TPSA) is 88.5 Å². The summed E-state index contributed by atoms with van der Waals surface area (Å²) in [4.78, 5) is 32.6. The van der Waals surface area contributed by atoms with Crippen molar-refractivity contribution in [2.75, 3.05) is 23.7 Å². The lowest BCUT2D eigenvalue weighted by Crippen LogP contribution is -2.36. The molecule has 1 unspecified atom stereocenters. The van der Waals surface area contributed by atoms with E-state index < -0.39 is 18.1 Å². The van der Waals surface area contributed by atoms with Gasteiger partial charge in [0.25, 0.3) is 5.91 Å². The van der Waals surface area contributed by atoms with E-state index in [9.17, 15) is 22.8 Å². The van der Waals surface area contributed by atoms with Crippen molar-refractivity contribution in [1.82, 2.24) is 14.5 Å². The number of amides is 3. The number of nitrogens with zero attached hydrogens (tertiary/aromatic N) is 3. The van der Waals surface area contributed by atoms with Crippen molar-refractivity contribution in [3.8, 4) is 5.75 Å². The van der Waals surface area contributed by atoms with Gasteiger partial charge in [-0.2, -0.15) is 0 Å². The van der Waals surface area contributed by atoms with Crippen LogP contribution in [0.25, 0.3) is 0 Å². The van der Waals surface area contributed by atoms with Gasteiger partial charge in [-0.3, -0.25) is 10.1 Å². The summed E-state index contributed by atoms with van der Waals surface area (Å²) in [6, 6.07) is 12.5. The third-order valence-electron chi connectivity index (χ3n) is 6.91. The molecule has 2 N–H and O–H groups in total. The van der Waals surface area contributed by atoms with Crippen LogP contribution in [0.3, 0.4) is 0 Å². The number of unbranched alkanes of at least 4 members (excludes halogenated alkanes) is 1. The monoisotopic (exact) mass is 635 g/mol. The first-order chi connectivity index (χ1) is 19.6. The largest absolute Gasteiger partial charge is 0.573 e. The van der Waals surface area contributed by atoms with Crippen LogP contribution in [0.1, 0.15) is 67.5 Å². The number of likely N-dealkylation sites (tertiary alicyclic amines) is 1. The SMILES string of the molecule is CCCCn1cc(NC(=O)Nc2ccc(OC(F)(F)F)cc2)nc1C(=O)N1CCCCC(c2ccc(Br)cc2)CC1. The van der Waals surface area contributed by atoms with Gasteiger partial charge in [-0.05, 0) is 73.6 Å². The molecule has 0 saturated carbocycles. The minimum atomic E-state index is -4.80. The smallest absolute Gasteiger partial charge is 0.406 e. The number of urea groups is 1. The fraction of sp³-hybridized carbons (Fsp3) is 0.414. The minimum absolute atomic E-state index is 0.175. The number of ether oxygens (including phenoxy) is 1. The molecule has 2 aromatic carbocycles. The Morgan fingerprint density at radius 1 is 1.02 bits per heavy atom. The molecule has 0 spiro atoms. The zero-order valence-electron chi connectivity index (χ0n) is 22.7. The molecule has 1 atom stereocenters. The van der Waals surface area contributed by atoms with Crippen molar-refractivity contribution in [2.45, 2.75) is 64.3 Å². The number of imidazole rings is 1. The third kappa shape index (κ3) is 8.97. The van der Waals surface area contributed by atoms with Gasteiger partial charge >= 0.3 is 12.4 Å². The maximum atomic E-state index is 13.7. The predicted molar refractivity (Wildman–Crippen MR) is 154 cm³/mol. The lowest BCUT2D eigenvalue weighted by atomic mass is 9.89. The van der Waals surface area contributed by atoms with Crippen molar-refractivity contribution in [2.24, 2.45) is 0 Å². The van der Waals surface area contributed by atoms with Gasteiger partial charge in [0.15, 0.2) is 5.82 Å². The van der Waals surface area contributed by atoms with Crippen molar-refractivity contribution in [3.63, 3.8) is 0 Å². The molecule has 3 aromatic rings. The van der Waals surface area contributed by atoms with E-state index in [1.54, 1.807) is 10.8 Å². The van der Waals surface area contributed by atoms with E-state index in [1.165, 1.54) is 17.7 Å². The Morgan fingerprint density at radius 3 is 2.44 bits per heavy atom. The van der Waals surface area contributed by atoms with Crippen molar-refractivity contribution in [1.29, 1.82) is 0 Å². The molecule has 3 amide bonds. The number of hydrogen-bond acceptors (Lipinski definition) is 4. The second-order valence-corrected chi connectivity index (χ2v) is 10.9. The number of aryl methyl sites for hydroxylation is 1. The second-order valence-electron chi connectivity index (χ2n) is 9.97. The lowest BCUT2D eigenvalue weighted by molar-refractivity contribution is -0.274. The molecule has 1 aliphatic heterocycles. The summed E-state index contributed by atoms with van der Waals surface area (Å²) in [6.07, 6.45) is 2.43. The maximum Gasteiger partial charge on any atom is 0.573 e. The Hall–Kier alpha value is -3.54. The molecule has 1 aromatic heterocycles. The molecule has 12 heteroatoms. The zero-order chi connectivity index (χ0) is 29.4. The van der Waals surface area contributed by atoms with Gasteiger partial charge in [0.1, 0.15) is 5.75 Å². The molecule has 1 aliphatic rings. The first-order valence-electron chi connectivity index (χ1n) is 13.7. The average Bonchev–Trinajstić information content (AvgIpc) is 3.30. The van der Waals surface area contributed by atoms with Crippen LogP contribution in [0.5, 0.6) is 5.75 Å². The van der Waals surface area contributed by atoms with Crippen LogP contribution < -0.4 is 15.4 Å². The molecular weight excluding hydrogens is 603 g/mol. The predicted octanol–water partition coefficient (Wildman–Crippen LogP) is 7.79. The Balaban J connectivity index is 1.42.